The number of hydrogen-bond acceptors (Lipinski definition) is 5. The summed E-state index contributed by atoms with van der Waals surface area (Å²) < 4.78 is 0. The van der Waals surface area contributed by atoms with Crippen LogP contribution >= 0.6 is 0 Å². The Morgan fingerprint density at radius 1 is 1.38 bits per heavy atom. The minimum atomic E-state index is -1.49. The highest BCUT2D eigenvalue weighted by Crippen LogP contribution is 2.02. The fourth-order valence-corrected chi connectivity index (χ4v) is 1.84. The summed E-state index contributed by atoms with van der Waals surface area (Å²) in [5.41, 5.74) is 0.792. The number of aromatic nitrogens is 2. The summed E-state index contributed by atoms with van der Waals surface area (Å²) in [6, 6.07) is 0. The molecule has 0 aliphatic carbocycles. The normalized spacial score (nSPS) is 12.0. The van der Waals surface area contributed by atoms with Crippen LogP contribution in [0.25, 0.3) is 0 Å². The molecule has 1 rings (SSSR count). The quantitative estimate of drug-likeness (QED) is 0.524. The maximum atomic E-state index is 11.7. The van der Waals surface area contributed by atoms with Gasteiger partial charge < -0.3 is 20.5 Å². The summed E-state index contributed by atoms with van der Waals surface area (Å²) in [6.07, 6.45) is -1.21. The predicted molar refractivity (Wildman–Crippen MR) is 73.9 cm³/mol. The second-order valence-corrected chi connectivity index (χ2v) is 4.71. The number of aliphatic carboxylic acids is 1. The molecule has 21 heavy (non-hydrogen) atoms. The van der Waals surface area contributed by atoms with Gasteiger partial charge >= 0.3 is 5.97 Å². The van der Waals surface area contributed by atoms with Crippen LogP contribution in [0.1, 0.15) is 29.9 Å². The summed E-state index contributed by atoms with van der Waals surface area (Å²) in [4.78, 5) is 40.4. The van der Waals surface area contributed by atoms with Crippen molar-refractivity contribution in [3.63, 3.8) is 0 Å². The van der Waals surface area contributed by atoms with E-state index in [1.54, 1.807) is 13.8 Å². The first kappa shape index (κ1) is 16.8. The number of aliphatic hydroxyl groups excluding tert-OH is 1. The molecule has 0 radical (unpaired) electrons. The number of hydrogen-bond donors (Lipinski definition) is 4. The van der Waals surface area contributed by atoms with Crippen LogP contribution in [0.4, 0.5) is 0 Å². The number of nitrogens with zero attached hydrogens (tertiary/aromatic N) is 1. The van der Waals surface area contributed by atoms with Crippen LogP contribution in [0.2, 0.25) is 0 Å². The van der Waals surface area contributed by atoms with Gasteiger partial charge in [-0.1, -0.05) is 0 Å². The van der Waals surface area contributed by atoms with Gasteiger partial charge in [0.05, 0.1) is 0 Å². The topological polar surface area (TPSA) is 132 Å². The van der Waals surface area contributed by atoms with E-state index in [1.807, 2.05) is 0 Å². The third kappa shape index (κ3) is 5.35. The van der Waals surface area contributed by atoms with Gasteiger partial charge in [-0.3, -0.25) is 9.59 Å². The Balaban J connectivity index is 2.44. The van der Waals surface area contributed by atoms with Crippen molar-refractivity contribution in [2.45, 2.75) is 39.2 Å². The minimum Gasteiger partial charge on any atom is -0.479 e. The molecule has 0 fully saturated rings. The Bertz CT molecular complexity index is 582. The van der Waals surface area contributed by atoms with E-state index in [9.17, 15) is 14.4 Å². The van der Waals surface area contributed by atoms with E-state index in [-0.39, 0.29) is 37.3 Å². The number of carbonyl (C=O) groups is 2. The highest BCUT2D eigenvalue weighted by Gasteiger charge is 2.13. The summed E-state index contributed by atoms with van der Waals surface area (Å²) >= 11 is 0. The first-order valence-corrected chi connectivity index (χ1v) is 6.55. The molecule has 0 saturated heterocycles. The molecule has 1 heterocycles. The van der Waals surface area contributed by atoms with E-state index in [0.29, 0.717) is 17.1 Å². The van der Waals surface area contributed by atoms with Crippen LogP contribution < -0.4 is 10.9 Å². The van der Waals surface area contributed by atoms with E-state index < -0.39 is 12.1 Å². The lowest BCUT2D eigenvalue weighted by Crippen LogP contribution is -2.30. The molecule has 1 unspecified atom stereocenters. The molecule has 8 heteroatoms. The van der Waals surface area contributed by atoms with Gasteiger partial charge in [0.25, 0.3) is 5.56 Å². The number of carboxylic acids is 1. The molecule has 0 bridgehead atoms. The zero-order chi connectivity index (χ0) is 16.0. The Morgan fingerprint density at radius 3 is 2.62 bits per heavy atom. The number of aryl methyl sites for hydroxylation is 2. The monoisotopic (exact) mass is 297 g/mol. The lowest BCUT2D eigenvalue weighted by atomic mass is 10.1. The SMILES string of the molecule is Cc1nc(C)c(CCC(=O)NCCC(O)C(=O)O)c(=O)[nH]1. The Morgan fingerprint density at radius 2 is 2.05 bits per heavy atom. The number of aromatic amines is 1. The third-order valence-electron chi connectivity index (χ3n) is 2.97. The highest BCUT2D eigenvalue weighted by atomic mass is 16.4. The van der Waals surface area contributed by atoms with Crippen LogP contribution in [0.5, 0.6) is 0 Å². The average Bonchev–Trinajstić information content (AvgIpc) is 2.37. The Kier molecular flexibility index (Phi) is 6.04. The molecule has 0 spiro atoms. The second-order valence-electron chi connectivity index (χ2n) is 4.71. The average molecular weight is 297 g/mol. The van der Waals surface area contributed by atoms with E-state index in [2.05, 4.69) is 15.3 Å². The first-order valence-electron chi connectivity index (χ1n) is 6.55. The maximum Gasteiger partial charge on any atom is 0.332 e. The van der Waals surface area contributed by atoms with Gasteiger partial charge in [0.1, 0.15) is 5.82 Å². The maximum absolute atomic E-state index is 11.7. The van der Waals surface area contributed by atoms with Gasteiger partial charge in [0.2, 0.25) is 5.91 Å². The smallest absolute Gasteiger partial charge is 0.332 e. The molecule has 116 valence electrons. The summed E-state index contributed by atoms with van der Waals surface area (Å²) in [5.74, 6) is -1.11. The van der Waals surface area contributed by atoms with Crippen molar-refractivity contribution >= 4 is 11.9 Å². The van der Waals surface area contributed by atoms with Crippen LogP contribution in [0.15, 0.2) is 4.79 Å². The number of carbonyl (C=O) groups excluding carboxylic acids is 1. The number of amides is 1. The zero-order valence-corrected chi connectivity index (χ0v) is 12.0. The van der Waals surface area contributed by atoms with Gasteiger partial charge in [0.15, 0.2) is 6.10 Å². The molecule has 4 N–H and O–H groups in total. The molecule has 0 aromatic carbocycles. The number of aliphatic hydroxyl groups is 1. The molecule has 1 aromatic heterocycles. The summed E-state index contributed by atoms with van der Waals surface area (Å²) in [5, 5.41) is 20.0. The second kappa shape index (κ2) is 7.53. The lowest BCUT2D eigenvalue weighted by molar-refractivity contribution is -0.147. The van der Waals surface area contributed by atoms with E-state index in [1.165, 1.54) is 0 Å². The van der Waals surface area contributed by atoms with Gasteiger partial charge in [-0.2, -0.15) is 0 Å². The van der Waals surface area contributed by atoms with Crippen molar-refractivity contribution in [3.05, 3.63) is 27.4 Å². The Hall–Kier alpha value is -2.22. The van der Waals surface area contributed by atoms with Crippen molar-refractivity contribution in [2.24, 2.45) is 0 Å². The third-order valence-corrected chi connectivity index (χ3v) is 2.97. The summed E-state index contributed by atoms with van der Waals surface area (Å²) in [6.45, 7) is 3.45. The number of nitrogens with one attached hydrogen (secondary N) is 2. The van der Waals surface area contributed by atoms with Crippen molar-refractivity contribution < 1.29 is 19.8 Å². The van der Waals surface area contributed by atoms with E-state index in [0.717, 1.165) is 0 Å². The van der Waals surface area contributed by atoms with Gasteiger partial charge in [-0.05, 0) is 20.3 Å². The molecule has 1 amide bonds. The molecular weight excluding hydrogens is 278 g/mol. The lowest BCUT2D eigenvalue weighted by Gasteiger charge is -2.08. The van der Waals surface area contributed by atoms with Crippen molar-refractivity contribution in [2.75, 3.05) is 6.54 Å². The zero-order valence-electron chi connectivity index (χ0n) is 12.0. The van der Waals surface area contributed by atoms with Crippen LogP contribution in [-0.4, -0.2) is 44.7 Å². The summed E-state index contributed by atoms with van der Waals surface area (Å²) in [7, 11) is 0. The van der Waals surface area contributed by atoms with Gasteiger partial charge in [0, 0.05) is 30.6 Å². The number of H-pyrrole nitrogens is 1. The van der Waals surface area contributed by atoms with Crippen molar-refractivity contribution in [1.29, 1.82) is 0 Å². The number of carboxylic acid groups (broad SMARTS) is 1. The fraction of sp³-hybridized carbons (Fsp3) is 0.538. The molecule has 8 nitrogen and oxygen atoms in total. The minimum absolute atomic E-state index is 0.0627. The molecule has 1 atom stereocenters. The molecule has 0 saturated carbocycles. The Labute approximate surface area is 121 Å². The van der Waals surface area contributed by atoms with Crippen molar-refractivity contribution in [1.82, 2.24) is 15.3 Å². The van der Waals surface area contributed by atoms with E-state index in [4.69, 9.17) is 10.2 Å². The molecule has 1 aromatic rings. The standard InChI is InChI=1S/C13H19N3O5/c1-7-9(12(19)16-8(2)15-7)3-4-11(18)14-6-5-10(17)13(20)21/h10,17H,3-6H2,1-2H3,(H,14,18)(H,20,21)(H,15,16,19). The predicted octanol–water partition coefficient (Wildman–Crippen LogP) is -0.729. The highest BCUT2D eigenvalue weighted by molar-refractivity contribution is 5.76. The fourth-order valence-electron chi connectivity index (χ4n) is 1.84. The van der Waals surface area contributed by atoms with E-state index >= 15 is 0 Å². The largest absolute Gasteiger partial charge is 0.479 e. The molecule has 0 aliphatic heterocycles. The first-order chi connectivity index (χ1) is 9.81. The number of rotatable bonds is 7. The van der Waals surface area contributed by atoms with Crippen LogP contribution in [0.3, 0.4) is 0 Å². The van der Waals surface area contributed by atoms with Crippen molar-refractivity contribution in [3.8, 4) is 0 Å². The molecule has 0 aliphatic rings. The van der Waals surface area contributed by atoms with Crippen LogP contribution in [0, 0.1) is 13.8 Å². The van der Waals surface area contributed by atoms with Gasteiger partial charge in [-0.15, -0.1) is 0 Å². The van der Waals surface area contributed by atoms with Gasteiger partial charge in [-0.25, -0.2) is 9.78 Å². The molecular formula is C13H19N3O5. The van der Waals surface area contributed by atoms with Crippen LogP contribution in [-0.2, 0) is 16.0 Å².